The van der Waals surface area contributed by atoms with Gasteiger partial charge in [-0.2, -0.15) is 0 Å². The molecule has 0 spiro atoms. The first-order valence-corrected chi connectivity index (χ1v) is 8.00. The van der Waals surface area contributed by atoms with Crippen LogP contribution >= 0.6 is 23.2 Å². The third kappa shape index (κ3) is 5.05. The number of hydrogen-bond donors (Lipinski definition) is 2. The van der Waals surface area contributed by atoms with Crippen molar-refractivity contribution in [2.75, 3.05) is 17.2 Å². The fourth-order valence-electron chi connectivity index (χ4n) is 1.96. The summed E-state index contributed by atoms with van der Waals surface area (Å²) >= 11 is 11.9. The van der Waals surface area contributed by atoms with Gasteiger partial charge in [-0.25, -0.2) is 0 Å². The summed E-state index contributed by atoms with van der Waals surface area (Å²) in [4.78, 5) is 12.2. The second-order valence-corrected chi connectivity index (χ2v) is 5.78. The molecule has 0 saturated heterocycles. The van der Waals surface area contributed by atoms with Gasteiger partial charge in [0.2, 0.25) is 5.91 Å². The third-order valence-corrected chi connectivity index (χ3v) is 3.68. The van der Waals surface area contributed by atoms with E-state index in [-0.39, 0.29) is 5.91 Å². The molecule has 2 N–H and O–H groups in total. The molecule has 4 nitrogen and oxygen atoms in total. The average molecular weight is 353 g/mol. The molecule has 2 aromatic carbocycles. The molecule has 0 heterocycles. The lowest BCUT2D eigenvalue weighted by molar-refractivity contribution is -0.116. The van der Waals surface area contributed by atoms with Crippen LogP contribution in [0.4, 0.5) is 11.4 Å². The molecule has 2 aromatic rings. The van der Waals surface area contributed by atoms with Gasteiger partial charge < -0.3 is 15.4 Å². The number of carbonyl (C=O) groups is 1. The Morgan fingerprint density at radius 2 is 1.87 bits per heavy atom. The van der Waals surface area contributed by atoms with Gasteiger partial charge in [-0.15, -0.1) is 0 Å². The summed E-state index contributed by atoms with van der Waals surface area (Å²) in [6.07, 6.45) is 0. The first-order chi connectivity index (χ1) is 11.0. The number of ether oxygens (including phenoxy) is 1. The van der Waals surface area contributed by atoms with E-state index in [1.165, 1.54) is 0 Å². The number of amides is 1. The second kappa shape index (κ2) is 8.09. The molecule has 1 atom stereocenters. The van der Waals surface area contributed by atoms with E-state index in [0.717, 1.165) is 11.4 Å². The van der Waals surface area contributed by atoms with Crippen molar-refractivity contribution in [3.63, 3.8) is 0 Å². The van der Waals surface area contributed by atoms with Gasteiger partial charge >= 0.3 is 0 Å². The molecule has 1 amide bonds. The Morgan fingerprint density at radius 1 is 1.17 bits per heavy atom. The molecule has 0 fully saturated rings. The second-order valence-electron chi connectivity index (χ2n) is 4.94. The Bertz CT molecular complexity index is 675. The van der Waals surface area contributed by atoms with E-state index in [0.29, 0.717) is 22.3 Å². The number of rotatable bonds is 6. The Labute approximate surface area is 145 Å². The topological polar surface area (TPSA) is 50.4 Å². The molecule has 0 unspecified atom stereocenters. The van der Waals surface area contributed by atoms with E-state index >= 15 is 0 Å². The van der Waals surface area contributed by atoms with Crippen molar-refractivity contribution in [2.45, 2.75) is 19.9 Å². The van der Waals surface area contributed by atoms with Crippen molar-refractivity contribution in [3.8, 4) is 5.75 Å². The number of hydrogen-bond acceptors (Lipinski definition) is 3. The summed E-state index contributed by atoms with van der Waals surface area (Å²) in [7, 11) is 0. The minimum atomic E-state index is -0.431. The first-order valence-electron chi connectivity index (χ1n) is 7.25. The molecule has 0 aliphatic carbocycles. The van der Waals surface area contributed by atoms with Gasteiger partial charge in [-0.3, -0.25) is 4.79 Å². The van der Waals surface area contributed by atoms with Crippen molar-refractivity contribution in [3.05, 3.63) is 52.5 Å². The van der Waals surface area contributed by atoms with Crippen LogP contribution in [0.3, 0.4) is 0 Å². The van der Waals surface area contributed by atoms with Crippen LogP contribution in [-0.2, 0) is 4.79 Å². The number of nitrogens with one attached hydrogen (secondary N) is 2. The minimum absolute atomic E-state index is 0.192. The van der Waals surface area contributed by atoms with Crippen LogP contribution in [0.1, 0.15) is 13.8 Å². The summed E-state index contributed by atoms with van der Waals surface area (Å²) in [5.74, 6) is 0.603. The Morgan fingerprint density at radius 3 is 2.48 bits per heavy atom. The van der Waals surface area contributed by atoms with Gasteiger partial charge in [-0.05, 0) is 56.3 Å². The standard InChI is InChI=1S/C17H18Cl2N2O2/c1-3-23-14-7-5-13(6-8-14)20-11(2)17(22)21-16-9-4-12(18)10-15(16)19/h4-11,20H,3H2,1-2H3,(H,21,22)/t11-/m0/s1. The molecule has 0 radical (unpaired) electrons. The van der Waals surface area contributed by atoms with E-state index in [1.54, 1.807) is 25.1 Å². The maximum absolute atomic E-state index is 12.2. The largest absolute Gasteiger partial charge is 0.494 e. The van der Waals surface area contributed by atoms with E-state index in [1.807, 2.05) is 31.2 Å². The lowest BCUT2D eigenvalue weighted by Gasteiger charge is -2.16. The molecule has 0 bridgehead atoms. The molecule has 122 valence electrons. The molecule has 0 aliphatic rings. The van der Waals surface area contributed by atoms with E-state index in [9.17, 15) is 4.79 Å². The van der Waals surface area contributed by atoms with Crippen LogP contribution in [0, 0.1) is 0 Å². The van der Waals surface area contributed by atoms with Gasteiger partial charge in [-0.1, -0.05) is 23.2 Å². The van der Waals surface area contributed by atoms with Gasteiger partial charge in [0, 0.05) is 10.7 Å². The summed E-state index contributed by atoms with van der Waals surface area (Å²) in [5, 5.41) is 6.82. The van der Waals surface area contributed by atoms with Crippen LogP contribution in [0.2, 0.25) is 10.0 Å². The Hall–Kier alpha value is -1.91. The molecule has 0 aliphatic heterocycles. The van der Waals surface area contributed by atoms with Crippen LogP contribution in [-0.4, -0.2) is 18.6 Å². The lowest BCUT2D eigenvalue weighted by atomic mass is 10.2. The SMILES string of the molecule is CCOc1ccc(N[C@@H](C)C(=O)Nc2ccc(Cl)cc2Cl)cc1. The fraction of sp³-hybridized carbons (Fsp3) is 0.235. The zero-order chi connectivity index (χ0) is 16.8. The predicted molar refractivity (Wildman–Crippen MR) is 95.8 cm³/mol. The van der Waals surface area contributed by atoms with Crippen molar-refractivity contribution >= 4 is 40.5 Å². The number of anilines is 2. The van der Waals surface area contributed by atoms with Crippen LogP contribution in [0.5, 0.6) is 5.75 Å². The Kier molecular flexibility index (Phi) is 6.13. The zero-order valence-electron chi connectivity index (χ0n) is 12.9. The third-order valence-electron chi connectivity index (χ3n) is 3.13. The van der Waals surface area contributed by atoms with Crippen molar-refractivity contribution in [1.82, 2.24) is 0 Å². The highest BCUT2D eigenvalue weighted by Crippen LogP contribution is 2.25. The maximum atomic E-state index is 12.2. The smallest absolute Gasteiger partial charge is 0.246 e. The highest BCUT2D eigenvalue weighted by atomic mass is 35.5. The van der Waals surface area contributed by atoms with Crippen LogP contribution < -0.4 is 15.4 Å². The van der Waals surface area contributed by atoms with E-state index < -0.39 is 6.04 Å². The highest BCUT2D eigenvalue weighted by molar-refractivity contribution is 6.36. The highest BCUT2D eigenvalue weighted by Gasteiger charge is 2.14. The van der Waals surface area contributed by atoms with Gasteiger partial charge in [0.25, 0.3) is 0 Å². The van der Waals surface area contributed by atoms with Crippen molar-refractivity contribution < 1.29 is 9.53 Å². The van der Waals surface area contributed by atoms with Gasteiger partial charge in [0.05, 0.1) is 17.3 Å². The number of benzene rings is 2. The average Bonchev–Trinajstić information content (AvgIpc) is 2.52. The molecule has 0 saturated carbocycles. The summed E-state index contributed by atoms with van der Waals surface area (Å²) < 4.78 is 5.38. The summed E-state index contributed by atoms with van der Waals surface area (Å²) in [6.45, 7) is 4.32. The molecule has 23 heavy (non-hydrogen) atoms. The number of carbonyl (C=O) groups excluding carboxylic acids is 1. The van der Waals surface area contributed by atoms with Gasteiger partial charge in [0.1, 0.15) is 11.8 Å². The summed E-state index contributed by atoms with van der Waals surface area (Å²) in [5.41, 5.74) is 1.36. The van der Waals surface area contributed by atoms with Crippen LogP contribution in [0.15, 0.2) is 42.5 Å². The summed E-state index contributed by atoms with van der Waals surface area (Å²) in [6, 6.07) is 11.9. The lowest BCUT2D eigenvalue weighted by Crippen LogP contribution is -2.31. The van der Waals surface area contributed by atoms with E-state index in [2.05, 4.69) is 10.6 Å². The molecular formula is C17H18Cl2N2O2. The minimum Gasteiger partial charge on any atom is -0.494 e. The molecule has 2 rings (SSSR count). The Balaban J connectivity index is 1.96. The van der Waals surface area contributed by atoms with Crippen LogP contribution in [0.25, 0.3) is 0 Å². The first kappa shape index (κ1) is 17.4. The molecule has 0 aromatic heterocycles. The zero-order valence-corrected chi connectivity index (χ0v) is 14.4. The normalized spacial score (nSPS) is 11.7. The molecular weight excluding hydrogens is 335 g/mol. The maximum Gasteiger partial charge on any atom is 0.246 e. The molecule has 6 heteroatoms. The van der Waals surface area contributed by atoms with Crippen molar-refractivity contribution in [1.29, 1.82) is 0 Å². The quantitative estimate of drug-likeness (QED) is 0.782. The fourth-order valence-corrected chi connectivity index (χ4v) is 2.42. The van der Waals surface area contributed by atoms with E-state index in [4.69, 9.17) is 27.9 Å². The predicted octanol–water partition coefficient (Wildman–Crippen LogP) is 4.83. The number of halogens is 2. The van der Waals surface area contributed by atoms with Crippen molar-refractivity contribution in [2.24, 2.45) is 0 Å². The monoisotopic (exact) mass is 352 g/mol. The van der Waals surface area contributed by atoms with Gasteiger partial charge in [0.15, 0.2) is 0 Å².